The lowest BCUT2D eigenvalue weighted by atomic mass is 10.1. The highest BCUT2D eigenvalue weighted by atomic mass is 16.2. The minimum Gasteiger partial charge on any atom is -0.322 e. The number of carbonyl (C=O) groups is 1. The maximum Gasteiger partial charge on any atom is 0.322 e. The third-order valence-electron chi connectivity index (χ3n) is 4.34. The van der Waals surface area contributed by atoms with Gasteiger partial charge in [0.2, 0.25) is 5.56 Å². The van der Waals surface area contributed by atoms with Gasteiger partial charge in [-0.2, -0.15) is 0 Å². The molecule has 2 amide bonds. The van der Waals surface area contributed by atoms with Crippen molar-refractivity contribution in [3.8, 4) is 0 Å². The topological polar surface area (TPSA) is 65.2 Å². The maximum atomic E-state index is 12.9. The highest BCUT2D eigenvalue weighted by Crippen LogP contribution is 2.18. The SMILES string of the molecule is Cc1cccc(NC(=O)N(Cc2cc(=O)[nH]c3ccccc23)CC(C)C)c1. The number of aromatic amines is 1. The van der Waals surface area contributed by atoms with Gasteiger partial charge in [0.1, 0.15) is 0 Å². The van der Waals surface area contributed by atoms with Crippen LogP contribution in [-0.2, 0) is 6.54 Å². The molecule has 0 unspecified atom stereocenters. The second-order valence-corrected chi connectivity index (χ2v) is 7.28. The Labute approximate surface area is 159 Å². The molecule has 1 heterocycles. The summed E-state index contributed by atoms with van der Waals surface area (Å²) in [5.74, 6) is 0.307. The van der Waals surface area contributed by atoms with Crippen molar-refractivity contribution in [3.63, 3.8) is 0 Å². The summed E-state index contributed by atoms with van der Waals surface area (Å²) in [4.78, 5) is 29.5. The number of rotatable bonds is 5. The lowest BCUT2D eigenvalue weighted by molar-refractivity contribution is 0.202. The smallest absolute Gasteiger partial charge is 0.322 e. The average molecular weight is 363 g/mol. The van der Waals surface area contributed by atoms with Gasteiger partial charge in [-0.1, -0.05) is 44.2 Å². The van der Waals surface area contributed by atoms with E-state index >= 15 is 0 Å². The van der Waals surface area contributed by atoms with Crippen molar-refractivity contribution in [2.24, 2.45) is 5.92 Å². The molecule has 0 atom stereocenters. The average Bonchev–Trinajstić information content (AvgIpc) is 2.60. The van der Waals surface area contributed by atoms with Crippen molar-refractivity contribution in [1.82, 2.24) is 9.88 Å². The Morgan fingerprint density at radius 1 is 1.11 bits per heavy atom. The van der Waals surface area contributed by atoms with E-state index in [1.54, 1.807) is 11.0 Å². The van der Waals surface area contributed by atoms with Crippen molar-refractivity contribution in [1.29, 1.82) is 0 Å². The Bertz CT molecular complexity index is 1010. The number of benzene rings is 2. The van der Waals surface area contributed by atoms with Crippen molar-refractivity contribution in [2.45, 2.75) is 27.3 Å². The van der Waals surface area contributed by atoms with E-state index in [0.717, 1.165) is 27.7 Å². The summed E-state index contributed by atoms with van der Waals surface area (Å²) >= 11 is 0. The van der Waals surface area contributed by atoms with Gasteiger partial charge in [-0.25, -0.2) is 4.79 Å². The summed E-state index contributed by atoms with van der Waals surface area (Å²) in [7, 11) is 0. The van der Waals surface area contributed by atoms with Gasteiger partial charge in [0, 0.05) is 35.7 Å². The first-order valence-electron chi connectivity index (χ1n) is 9.16. The van der Waals surface area contributed by atoms with Crippen LogP contribution in [0.25, 0.3) is 10.9 Å². The van der Waals surface area contributed by atoms with Crippen LogP contribution in [0.3, 0.4) is 0 Å². The van der Waals surface area contributed by atoms with E-state index in [-0.39, 0.29) is 11.6 Å². The predicted octanol–water partition coefficient (Wildman–Crippen LogP) is 4.53. The Morgan fingerprint density at radius 3 is 2.63 bits per heavy atom. The minimum atomic E-state index is -0.168. The van der Waals surface area contributed by atoms with Crippen molar-refractivity contribution in [2.75, 3.05) is 11.9 Å². The second-order valence-electron chi connectivity index (χ2n) is 7.28. The van der Waals surface area contributed by atoms with E-state index < -0.39 is 0 Å². The fourth-order valence-electron chi connectivity index (χ4n) is 3.20. The van der Waals surface area contributed by atoms with Gasteiger partial charge < -0.3 is 15.2 Å². The summed E-state index contributed by atoms with van der Waals surface area (Å²) in [6, 6.07) is 16.8. The van der Waals surface area contributed by atoms with Crippen molar-refractivity contribution in [3.05, 3.63) is 76.1 Å². The summed E-state index contributed by atoms with van der Waals surface area (Å²) < 4.78 is 0. The van der Waals surface area contributed by atoms with Gasteiger partial charge in [-0.3, -0.25) is 4.79 Å². The third-order valence-corrected chi connectivity index (χ3v) is 4.34. The van der Waals surface area contributed by atoms with Crippen LogP contribution in [0.1, 0.15) is 25.0 Å². The van der Waals surface area contributed by atoms with Crippen LogP contribution in [0, 0.1) is 12.8 Å². The van der Waals surface area contributed by atoms with Crippen LogP contribution in [0.15, 0.2) is 59.4 Å². The summed E-state index contributed by atoms with van der Waals surface area (Å²) in [5, 5.41) is 3.93. The molecule has 0 radical (unpaired) electrons. The fraction of sp³-hybridized carbons (Fsp3) is 0.273. The van der Waals surface area contributed by atoms with Gasteiger partial charge in [0.25, 0.3) is 0 Å². The number of para-hydroxylation sites is 1. The van der Waals surface area contributed by atoms with Gasteiger partial charge in [-0.05, 0) is 42.2 Å². The monoisotopic (exact) mass is 363 g/mol. The first-order chi connectivity index (χ1) is 12.9. The lowest BCUT2D eigenvalue weighted by Crippen LogP contribution is -2.37. The molecule has 140 valence electrons. The summed E-state index contributed by atoms with van der Waals surface area (Å²) in [6.07, 6.45) is 0. The number of hydrogen-bond donors (Lipinski definition) is 2. The van der Waals surface area contributed by atoms with E-state index in [9.17, 15) is 9.59 Å². The van der Waals surface area contributed by atoms with E-state index in [1.165, 1.54) is 0 Å². The highest BCUT2D eigenvalue weighted by molar-refractivity contribution is 5.90. The largest absolute Gasteiger partial charge is 0.322 e. The minimum absolute atomic E-state index is 0.160. The number of amides is 2. The van der Waals surface area contributed by atoms with E-state index in [2.05, 4.69) is 24.1 Å². The summed E-state index contributed by atoms with van der Waals surface area (Å²) in [6.45, 7) is 7.11. The number of nitrogens with one attached hydrogen (secondary N) is 2. The number of aryl methyl sites for hydroxylation is 1. The van der Waals surface area contributed by atoms with Crippen molar-refractivity contribution < 1.29 is 4.79 Å². The number of hydrogen-bond acceptors (Lipinski definition) is 2. The predicted molar refractivity (Wildman–Crippen MR) is 110 cm³/mol. The Kier molecular flexibility index (Phi) is 5.60. The molecule has 0 spiro atoms. The molecule has 0 aliphatic carbocycles. The zero-order valence-electron chi connectivity index (χ0n) is 16.0. The zero-order valence-corrected chi connectivity index (χ0v) is 16.0. The molecular formula is C22H25N3O2. The van der Waals surface area contributed by atoms with Crippen LogP contribution in [-0.4, -0.2) is 22.5 Å². The number of carbonyl (C=O) groups excluding carboxylic acids is 1. The standard InChI is InChI=1S/C22H25N3O2/c1-15(2)13-25(22(27)23-18-8-6-7-16(3)11-18)14-17-12-21(26)24-20-10-5-4-9-19(17)20/h4-12,15H,13-14H2,1-3H3,(H,23,27)(H,24,26). The molecule has 2 N–H and O–H groups in total. The molecule has 0 saturated heterocycles. The third kappa shape index (κ3) is 4.76. The van der Waals surface area contributed by atoms with Crippen LogP contribution in [0.2, 0.25) is 0 Å². The van der Waals surface area contributed by atoms with Crippen LogP contribution < -0.4 is 10.9 Å². The zero-order chi connectivity index (χ0) is 19.4. The highest BCUT2D eigenvalue weighted by Gasteiger charge is 2.17. The Hall–Kier alpha value is -3.08. The number of anilines is 1. The van der Waals surface area contributed by atoms with Crippen molar-refractivity contribution >= 4 is 22.6 Å². The molecule has 0 aliphatic heterocycles. The first-order valence-corrected chi connectivity index (χ1v) is 9.16. The van der Waals surface area contributed by atoms with Crippen LogP contribution >= 0.6 is 0 Å². The van der Waals surface area contributed by atoms with Gasteiger partial charge in [0.15, 0.2) is 0 Å². The number of urea groups is 1. The molecule has 0 aliphatic rings. The van der Waals surface area contributed by atoms with Crippen LogP contribution in [0.4, 0.5) is 10.5 Å². The molecule has 0 bridgehead atoms. The molecule has 3 rings (SSSR count). The lowest BCUT2D eigenvalue weighted by Gasteiger charge is -2.25. The van der Waals surface area contributed by atoms with Gasteiger partial charge >= 0.3 is 6.03 Å². The molecule has 5 nitrogen and oxygen atoms in total. The molecule has 0 fully saturated rings. The Morgan fingerprint density at radius 2 is 1.89 bits per heavy atom. The molecule has 5 heteroatoms. The van der Waals surface area contributed by atoms with Gasteiger partial charge in [-0.15, -0.1) is 0 Å². The number of H-pyrrole nitrogens is 1. The number of nitrogens with zero attached hydrogens (tertiary/aromatic N) is 1. The number of aromatic nitrogens is 1. The number of pyridine rings is 1. The molecule has 2 aromatic carbocycles. The van der Waals surface area contributed by atoms with E-state index in [0.29, 0.717) is 19.0 Å². The Balaban J connectivity index is 1.89. The fourth-order valence-corrected chi connectivity index (χ4v) is 3.20. The second kappa shape index (κ2) is 8.08. The van der Waals surface area contributed by atoms with E-state index in [4.69, 9.17) is 0 Å². The summed E-state index contributed by atoms with van der Waals surface area (Å²) in [5.41, 5.74) is 3.32. The molecule has 3 aromatic rings. The normalized spacial score (nSPS) is 11.0. The molecule has 1 aromatic heterocycles. The van der Waals surface area contributed by atoms with Gasteiger partial charge in [0.05, 0.1) is 0 Å². The molecule has 27 heavy (non-hydrogen) atoms. The number of fused-ring (bicyclic) bond motifs is 1. The quantitative estimate of drug-likeness (QED) is 0.700. The van der Waals surface area contributed by atoms with Crippen LogP contribution in [0.5, 0.6) is 0 Å². The first kappa shape index (κ1) is 18.7. The molecular weight excluding hydrogens is 338 g/mol. The van der Waals surface area contributed by atoms with E-state index in [1.807, 2.05) is 55.5 Å². The maximum absolute atomic E-state index is 12.9. The molecule has 0 saturated carbocycles.